The van der Waals surface area contributed by atoms with Crippen molar-refractivity contribution in [3.8, 4) is 0 Å². The fourth-order valence-corrected chi connectivity index (χ4v) is 4.31. The van der Waals surface area contributed by atoms with Gasteiger partial charge < -0.3 is 10.2 Å². The van der Waals surface area contributed by atoms with Crippen LogP contribution in [0.2, 0.25) is 0 Å². The molecule has 1 saturated heterocycles. The first-order valence-corrected chi connectivity index (χ1v) is 8.95. The predicted octanol–water partition coefficient (Wildman–Crippen LogP) is 4.06. The Kier molecular flexibility index (Phi) is 5.92. The summed E-state index contributed by atoms with van der Waals surface area (Å²) in [7, 11) is 0. The summed E-state index contributed by atoms with van der Waals surface area (Å²) in [5, 5.41) is 3.84. The molecule has 0 amide bonds. The molecule has 20 heavy (non-hydrogen) atoms. The zero-order valence-electron chi connectivity index (χ0n) is 14.3. The van der Waals surface area contributed by atoms with Crippen molar-refractivity contribution in [3.05, 3.63) is 0 Å². The van der Waals surface area contributed by atoms with Crippen molar-refractivity contribution in [2.24, 2.45) is 11.3 Å². The van der Waals surface area contributed by atoms with Gasteiger partial charge in [-0.1, -0.05) is 27.2 Å². The van der Waals surface area contributed by atoms with Crippen LogP contribution in [0.15, 0.2) is 0 Å². The fourth-order valence-electron chi connectivity index (χ4n) is 4.31. The van der Waals surface area contributed by atoms with E-state index in [1.807, 2.05) is 0 Å². The maximum atomic E-state index is 3.84. The molecule has 118 valence electrons. The summed E-state index contributed by atoms with van der Waals surface area (Å²) in [6.07, 6.45) is 9.71. The maximum absolute atomic E-state index is 3.84. The average Bonchev–Trinajstić information content (AvgIpc) is 2.38. The van der Waals surface area contributed by atoms with Gasteiger partial charge in [0.25, 0.3) is 0 Å². The zero-order chi connectivity index (χ0) is 14.6. The minimum atomic E-state index is 0.570. The minimum Gasteiger partial charge on any atom is -0.314 e. The van der Waals surface area contributed by atoms with Gasteiger partial charge in [0.05, 0.1) is 0 Å². The second-order valence-corrected chi connectivity index (χ2v) is 8.18. The van der Waals surface area contributed by atoms with E-state index in [0.29, 0.717) is 5.41 Å². The SMILES string of the molecule is CC1CC(C)(C)CCC1NCCCN1CCCCC1C. The molecule has 0 aromatic rings. The normalized spacial score (nSPS) is 35.1. The molecule has 0 radical (unpaired) electrons. The van der Waals surface area contributed by atoms with Crippen LogP contribution in [0.1, 0.15) is 72.6 Å². The molecule has 1 aliphatic heterocycles. The maximum Gasteiger partial charge on any atom is 0.00931 e. The highest BCUT2D eigenvalue weighted by atomic mass is 15.2. The van der Waals surface area contributed by atoms with Crippen molar-refractivity contribution >= 4 is 0 Å². The topological polar surface area (TPSA) is 15.3 Å². The van der Waals surface area contributed by atoms with Crippen LogP contribution in [0.5, 0.6) is 0 Å². The van der Waals surface area contributed by atoms with Gasteiger partial charge in [-0.05, 0) is 76.4 Å². The summed E-state index contributed by atoms with van der Waals surface area (Å²) >= 11 is 0. The van der Waals surface area contributed by atoms with E-state index in [1.54, 1.807) is 0 Å². The largest absolute Gasteiger partial charge is 0.314 e. The zero-order valence-corrected chi connectivity index (χ0v) is 14.3. The Hall–Kier alpha value is -0.0800. The average molecular weight is 280 g/mol. The van der Waals surface area contributed by atoms with Crippen molar-refractivity contribution in [2.45, 2.75) is 84.7 Å². The van der Waals surface area contributed by atoms with E-state index < -0.39 is 0 Å². The molecule has 3 atom stereocenters. The van der Waals surface area contributed by atoms with E-state index in [-0.39, 0.29) is 0 Å². The predicted molar refractivity (Wildman–Crippen MR) is 88.1 cm³/mol. The number of likely N-dealkylation sites (tertiary alicyclic amines) is 1. The summed E-state index contributed by atoms with van der Waals surface area (Å²) in [6.45, 7) is 13.5. The Morgan fingerprint density at radius 1 is 1.15 bits per heavy atom. The van der Waals surface area contributed by atoms with Gasteiger partial charge in [0.1, 0.15) is 0 Å². The number of nitrogens with zero attached hydrogens (tertiary/aromatic N) is 1. The van der Waals surface area contributed by atoms with Crippen LogP contribution < -0.4 is 5.32 Å². The van der Waals surface area contributed by atoms with E-state index >= 15 is 0 Å². The lowest BCUT2D eigenvalue weighted by molar-refractivity contribution is 0.140. The fraction of sp³-hybridized carbons (Fsp3) is 1.00. The van der Waals surface area contributed by atoms with Gasteiger partial charge in [-0.3, -0.25) is 0 Å². The van der Waals surface area contributed by atoms with Crippen LogP contribution in [-0.2, 0) is 0 Å². The molecule has 0 aromatic heterocycles. The molecular formula is C18H36N2. The van der Waals surface area contributed by atoms with E-state index in [9.17, 15) is 0 Å². The molecule has 1 heterocycles. The lowest BCUT2D eigenvalue weighted by Crippen LogP contribution is -2.43. The molecule has 3 unspecified atom stereocenters. The first kappa shape index (κ1) is 16.3. The van der Waals surface area contributed by atoms with E-state index in [0.717, 1.165) is 18.0 Å². The van der Waals surface area contributed by atoms with Crippen molar-refractivity contribution in [1.82, 2.24) is 10.2 Å². The smallest absolute Gasteiger partial charge is 0.00931 e. The van der Waals surface area contributed by atoms with Gasteiger partial charge in [0, 0.05) is 12.1 Å². The third-order valence-corrected chi connectivity index (χ3v) is 5.66. The second-order valence-electron chi connectivity index (χ2n) is 8.18. The molecular weight excluding hydrogens is 244 g/mol. The second kappa shape index (κ2) is 7.26. The Bertz CT molecular complexity index is 287. The van der Waals surface area contributed by atoms with Crippen LogP contribution in [-0.4, -0.2) is 36.6 Å². The quantitative estimate of drug-likeness (QED) is 0.764. The molecule has 1 saturated carbocycles. The third kappa shape index (κ3) is 4.73. The lowest BCUT2D eigenvalue weighted by Gasteiger charge is -2.40. The van der Waals surface area contributed by atoms with Crippen LogP contribution in [0.25, 0.3) is 0 Å². The molecule has 0 aromatic carbocycles. The molecule has 1 aliphatic carbocycles. The van der Waals surface area contributed by atoms with Crippen molar-refractivity contribution in [1.29, 1.82) is 0 Å². The molecule has 1 N–H and O–H groups in total. The summed E-state index contributed by atoms with van der Waals surface area (Å²) in [4.78, 5) is 2.69. The summed E-state index contributed by atoms with van der Waals surface area (Å²) < 4.78 is 0. The summed E-state index contributed by atoms with van der Waals surface area (Å²) in [5.74, 6) is 0.840. The molecule has 2 heteroatoms. The molecule has 2 rings (SSSR count). The summed E-state index contributed by atoms with van der Waals surface area (Å²) in [6, 6.07) is 1.58. The Morgan fingerprint density at radius 3 is 2.65 bits per heavy atom. The Morgan fingerprint density at radius 2 is 1.95 bits per heavy atom. The highest BCUT2D eigenvalue weighted by molar-refractivity contribution is 4.86. The number of rotatable bonds is 5. The first-order chi connectivity index (χ1) is 9.48. The van der Waals surface area contributed by atoms with Gasteiger partial charge in [-0.25, -0.2) is 0 Å². The van der Waals surface area contributed by atoms with Crippen molar-refractivity contribution in [3.63, 3.8) is 0 Å². The van der Waals surface area contributed by atoms with Crippen molar-refractivity contribution < 1.29 is 0 Å². The highest BCUT2D eigenvalue weighted by Gasteiger charge is 2.31. The standard InChI is InChI=1S/C18H36N2/c1-15-14-18(3,4)10-9-17(15)19-11-7-13-20-12-6-5-8-16(20)2/h15-17,19H,5-14H2,1-4H3. The van der Waals surface area contributed by atoms with E-state index in [4.69, 9.17) is 0 Å². The molecule has 0 bridgehead atoms. The highest BCUT2D eigenvalue weighted by Crippen LogP contribution is 2.38. The van der Waals surface area contributed by atoms with E-state index in [2.05, 4.69) is 37.9 Å². The van der Waals surface area contributed by atoms with Crippen LogP contribution in [0.3, 0.4) is 0 Å². The van der Waals surface area contributed by atoms with E-state index in [1.165, 1.54) is 64.6 Å². The number of hydrogen-bond donors (Lipinski definition) is 1. The van der Waals surface area contributed by atoms with Gasteiger partial charge in [0.15, 0.2) is 0 Å². The molecule has 2 nitrogen and oxygen atoms in total. The molecule has 2 aliphatic rings. The van der Waals surface area contributed by atoms with Crippen LogP contribution >= 0.6 is 0 Å². The van der Waals surface area contributed by atoms with Gasteiger partial charge in [0.2, 0.25) is 0 Å². The van der Waals surface area contributed by atoms with Crippen LogP contribution in [0.4, 0.5) is 0 Å². The number of piperidine rings is 1. The van der Waals surface area contributed by atoms with Gasteiger partial charge in [-0.2, -0.15) is 0 Å². The molecule has 2 fully saturated rings. The molecule has 0 spiro atoms. The Balaban J connectivity index is 1.61. The minimum absolute atomic E-state index is 0.570. The van der Waals surface area contributed by atoms with Gasteiger partial charge in [-0.15, -0.1) is 0 Å². The monoisotopic (exact) mass is 280 g/mol. The number of hydrogen-bond acceptors (Lipinski definition) is 2. The van der Waals surface area contributed by atoms with Gasteiger partial charge >= 0.3 is 0 Å². The van der Waals surface area contributed by atoms with Crippen molar-refractivity contribution in [2.75, 3.05) is 19.6 Å². The number of nitrogens with one attached hydrogen (secondary N) is 1. The third-order valence-electron chi connectivity index (χ3n) is 5.66. The lowest BCUT2D eigenvalue weighted by atomic mass is 9.70. The Labute approximate surface area is 126 Å². The first-order valence-electron chi connectivity index (χ1n) is 8.95. The van der Waals surface area contributed by atoms with Crippen LogP contribution in [0, 0.1) is 11.3 Å². The summed E-state index contributed by atoms with van der Waals surface area (Å²) in [5.41, 5.74) is 0.570.